The van der Waals surface area contributed by atoms with Gasteiger partial charge in [-0.15, -0.1) is 0 Å². The molecule has 6 bridgehead atoms. The predicted molar refractivity (Wildman–Crippen MR) is 397 cm³/mol. The monoisotopic (exact) mass is 1320 g/mol. The van der Waals surface area contributed by atoms with E-state index in [0.717, 1.165) is 47.9 Å². The highest BCUT2D eigenvalue weighted by Gasteiger charge is 2.35. The largest absolute Gasteiger partial charge is 0.569 e. The first-order chi connectivity index (χ1) is 47.9. The van der Waals surface area contributed by atoms with Gasteiger partial charge in [-0.2, -0.15) is 0 Å². The van der Waals surface area contributed by atoms with Crippen molar-refractivity contribution in [3.8, 4) is 45.0 Å². The zero-order valence-corrected chi connectivity index (χ0v) is 58.7. The zero-order chi connectivity index (χ0) is 65.9. The predicted octanol–water partition coefficient (Wildman–Crippen LogP) is 17.1. The lowest BCUT2D eigenvalue weighted by Gasteiger charge is -2.10. The summed E-state index contributed by atoms with van der Waals surface area (Å²) >= 11 is -1.11. The van der Waals surface area contributed by atoms with Crippen LogP contribution in [0.3, 0.4) is 0 Å². The van der Waals surface area contributed by atoms with E-state index in [2.05, 4.69) is 132 Å². The summed E-state index contributed by atoms with van der Waals surface area (Å²) in [4.78, 5) is 75.5. The van der Waals surface area contributed by atoms with Crippen LogP contribution in [0.2, 0.25) is 0 Å². The number of aryl methyl sites for hydroxylation is 4. The van der Waals surface area contributed by atoms with E-state index < -0.39 is 15.7 Å². The van der Waals surface area contributed by atoms with Crippen LogP contribution in [-0.4, -0.2) is 91.5 Å². The van der Waals surface area contributed by atoms with Crippen molar-refractivity contribution in [3.05, 3.63) is 178 Å². The summed E-state index contributed by atoms with van der Waals surface area (Å²) in [6.45, 7) is 9.07. The molecule has 0 saturated carbocycles. The molecular weight excluding hydrogens is 1230 g/mol. The van der Waals surface area contributed by atoms with Gasteiger partial charge in [0.2, 0.25) is 0 Å². The average Bonchev–Trinajstić information content (AvgIpc) is 1.56. The quantitative estimate of drug-likeness (QED) is 0.0291. The van der Waals surface area contributed by atoms with Gasteiger partial charge in [-0.1, -0.05) is 253 Å². The smallest absolute Gasteiger partial charge is 0.412 e. The Kier molecular flexibility index (Phi) is 22.2. The highest BCUT2D eigenvalue weighted by atomic mass is 27.1. The van der Waals surface area contributed by atoms with Gasteiger partial charge in [0.05, 0.1) is 47.6 Å². The molecule has 0 fully saturated rings. The number of aliphatic imine (C=N–C) groups is 4. The normalized spacial score (nSPS) is 13.2. The summed E-state index contributed by atoms with van der Waals surface area (Å²) in [7, 11) is 0. The minimum Gasteiger partial charge on any atom is -0.412 e. The average molecular weight is 1320 g/mol. The minimum atomic E-state index is -1.11. The molecule has 6 aromatic heterocycles. The van der Waals surface area contributed by atoms with Crippen LogP contribution in [0.15, 0.2) is 152 Å². The molecule has 4 aliphatic rings. The van der Waals surface area contributed by atoms with Crippen molar-refractivity contribution in [2.45, 2.75) is 207 Å². The fourth-order valence-electron chi connectivity index (χ4n) is 13.7. The molecule has 4 aromatic carbocycles. The van der Waals surface area contributed by atoms with Crippen LogP contribution in [0.25, 0.3) is 67.1 Å². The number of aromatic nitrogens is 10. The third-order valence-electron chi connectivity index (χ3n) is 19.5. The van der Waals surface area contributed by atoms with E-state index >= 15 is 0 Å². The number of fused-ring (bicyclic) bond motifs is 14. The highest BCUT2D eigenvalue weighted by molar-refractivity contribution is 6.37. The zero-order valence-electron chi connectivity index (χ0n) is 57.6. The van der Waals surface area contributed by atoms with E-state index in [9.17, 15) is 0 Å². The van der Waals surface area contributed by atoms with Crippen molar-refractivity contribution in [3.63, 3.8) is 0 Å². The molecule has 18 heteroatoms. The van der Waals surface area contributed by atoms with Crippen molar-refractivity contribution in [1.29, 1.82) is 0 Å². The Bertz CT molecular complexity index is 4720. The van der Waals surface area contributed by atoms with Gasteiger partial charge in [-0.05, 0) is 73.6 Å². The van der Waals surface area contributed by atoms with Crippen LogP contribution in [0.4, 0.5) is 11.6 Å². The van der Waals surface area contributed by atoms with Crippen molar-refractivity contribution >= 4 is 72.7 Å². The SMILES string of the molecule is CCCCCCCCc1ccc(-c2cnc3c(n2)C2=NC3=Nc3c4nc(-c5ccc(CCCCCCCC)cc5)cnc4c4[n]3[Al][n]3c(c5ncc(-c6ccc(CCCCCCCC)cc6)nc5c3=NC3=NC(=N4)c4nc(-c5ccc(CCCCCCCC)cc5)cnc43)=N2)cc1.O. The number of rotatable bonds is 32. The van der Waals surface area contributed by atoms with Gasteiger partial charge < -0.3 is 12.6 Å². The molecule has 98 heavy (non-hydrogen) atoms. The number of nitrogens with zero attached hydrogens (tertiary/aromatic N) is 16. The van der Waals surface area contributed by atoms with Gasteiger partial charge in [0.15, 0.2) is 23.3 Å². The number of hydrogen-bond donors (Lipinski definition) is 0. The Morgan fingerprint density at radius 3 is 0.990 bits per heavy atom. The van der Waals surface area contributed by atoms with E-state index in [-0.39, 0.29) is 5.48 Å². The molecule has 2 N–H and O–H groups in total. The molecule has 1 radical (unpaired) electrons. The van der Waals surface area contributed by atoms with Crippen LogP contribution in [0.1, 0.15) is 227 Å². The first kappa shape index (κ1) is 67.6. The number of amidine groups is 4. The summed E-state index contributed by atoms with van der Waals surface area (Å²) in [5.41, 5.74) is 17.0. The van der Waals surface area contributed by atoms with E-state index in [0.29, 0.717) is 114 Å². The third kappa shape index (κ3) is 15.0. The summed E-state index contributed by atoms with van der Waals surface area (Å²) in [5.74, 6) is 2.40. The van der Waals surface area contributed by atoms with Gasteiger partial charge in [-0.3, -0.25) is 0 Å². The van der Waals surface area contributed by atoms with Crippen LogP contribution in [-0.2, 0) is 25.7 Å². The van der Waals surface area contributed by atoms with E-state index in [1.165, 1.54) is 176 Å². The molecule has 0 saturated heterocycles. The van der Waals surface area contributed by atoms with Crippen LogP contribution >= 0.6 is 0 Å². The second-order valence-electron chi connectivity index (χ2n) is 26.8. The van der Waals surface area contributed by atoms with Crippen LogP contribution in [0.5, 0.6) is 0 Å². The molecule has 4 aliphatic heterocycles. The first-order valence-electron chi connectivity index (χ1n) is 36.5. The fourth-order valence-corrected chi connectivity index (χ4v) is 15.1. The molecule has 499 valence electrons. The lowest BCUT2D eigenvalue weighted by molar-refractivity contribution is 0.607. The van der Waals surface area contributed by atoms with E-state index in [4.69, 9.17) is 69.8 Å². The van der Waals surface area contributed by atoms with Gasteiger partial charge in [-0.25, -0.2) is 69.8 Å². The second-order valence-corrected chi connectivity index (χ2v) is 28.0. The van der Waals surface area contributed by atoms with E-state index in [1.54, 1.807) is 0 Å². The lowest BCUT2D eigenvalue weighted by atomic mass is 10.0. The highest BCUT2D eigenvalue weighted by Crippen LogP contribution is 2.40. The molecule has 0 amide bonds. The molecule has 0 aliphatic carbocycles. The molecule has 0 spiro atoms. The topological polar surface area (TPSA) is 219 Å². The maximum absolute atomic E-state index is 5.55. The molecule has 10 aromatic rings. The Morgan fingerprint density at radius 2 is 0.582 bits per heavy atom. The summed E-state index contributed by atoms with van der Waals surface area (Å²) < 4.78 is 4.20. The molecule has 0 unspecified atom stereocenters. The van der Waals surface area contributed by atoms with Gasteiger partial charge in [0.25, 0.3) is 0 Å². The molecule has 10 heterocycles. The fraction of sp³-hybridized carbons (Fsp3) is 0.400. The standard InChI is InChI=1S/C80H88N16.Al.H2O/c1-5-9-13-17-21-25-29-53-33-41-57(42-34-53)61-49-81-65-69(85-61)77-89-73(65)94-78-71-67(83-51-63(87-71)59-45-37-55(38-46-59)31-27-23-19-15-11-7-3)75(91-78)96-80-72-68(84-52-64(88-72)60-47-39-56(40-48-60)32-28-24-20-16-12-8-4)76(92-80)95-79-70-66(74(90-79)93-77)82-50-62(86-70)58-43-35-54(36-44-58)30-26-22-18-14-10-6-2;;/h33-52H,5-32H2,1-4H3;;1H2/q-2;+2;. The number of unbranched alkanes of at least 4 members (excludes halogenated alkanes) is 20. The lowest BCUT2D eigenvalue weighted by Crippen LogP contribution is -2.37. The summed E-state index contributed by atoms with van der Waals surface area (Å²) in [5, 5.41) is 0. The summed E-state index contributed by atoms with van der Waals surface area (Å²) in [6.07, 6.45) is 41.7. The van der Waals surface area contributed by atoms with Crippen molar-refractivity contribution < 1.29 is 5.48 Å². The Hall–Kier alpha value is -8.95. The Balaban J connectivity index is 0.00000864. The molecule has 17 nitrogen and oxygen atoms in total. The third-order valence-corrected chi connectivity index (χ3v) is 20.9. The Morgan fingerprint density at radius 1 is 0.276 bits per heavy atom. The molecular formula is C80H90AlN16O. The van der Waals surface area contributed by atoms with Gasteiger partial charge >= 0.3 is 15.7 Å². The van der Waals surface area contributed by atoms with Gasteiger partial charge in [0, 0.05) is 22.3 Å². The van der Waals surface area contributed by atoms with Crippen LogP contribution < -0.4 is 11.0 Å². The molecule has 0 atom stereocenters. The maximum atomic E-state index is 5.55. The van der Waals surface area contributed by atoms with Crippen LogP contribution in [0, 0.1) is 0 Å². The van der Waals surface area contributed by atoms with Crippen molar-refractivity contribution in [2.24, 2.45) is 30.0 Å². The minimum absolute atomic E-state index is 0. The number of benzene rings is 4. The van der Waals surface area contributed by atoms with E-state index in [1.807, 2.05) is 24.8 Å². The van der Waals surface area contributed by atoms with Crippen molar-refractivity contribution in [1.82, 2.24) is 47.0 Å². The number of hydrogen-bond acceptors (Lipinski definition) is 14. The molecule has 14 rings (SSSR count). The second kappa shape index (κ2) is 32.2. The Labute approximate surface area is 582 Å². The van der Waals surface area contributed by atoms with Gasteiger partial charge in [0.1, 0.15) is 67.5 Å². The first-order valence-corrected chi connectivity index (χ1v) is 37.5. The summed E-state index contributed by atoms with van der Waals surface area (Å²) in [6, 6.07) is 35.0. The van der Waals surface area contributed by atoms with Crippen molar-refractivity contribution in [2.75, 3.05) is 0 Å². The maximum Gasteiger partial charge on any atom is 0.569 e.